The Morgan fingerprint density at radius 2 is 2.00 bits per heavy atom. The standard InChI is InChI=1S/C16H11Cl2N5O3S/c17-10-2-1-3-12(6-10)22-9-19-21-16(22)27-8-15(24)20-13-5-4-11(18)7-14(13)23(25)26/h1-7,9H,8H2,(H,20,24). The van der Waals surface area contributed by atoms with Gasteiger partial charge in [0.05, 0.1) is 16.4 Å². The van der Waals surface area contributed by atoms with Crippen molar-refractivity contribution in [2.45, 2.75) is 5.16 Å². The summed E-state index contributed by atoms with van der Waals surface area (Å²) in [5.74, 6) is -0.440. The van der Waals surface area contributed by atoms with Gasteiger partial charge < -0.3 is 5.32 Å². The van der Waals surface area contributed by atoms with Crippen molar-refractivity contribution in [2.24, 2.45) is 0 Å². The number of anilines is 1. The number of nitrogens with one attached hydrogen (secondary N) is 1. The molecule has 2 aromatic carbocycles. The molecular weight excluding hydrogens is 413 g/mol. The first-order chi connectivity index (χ1) is 12.9. The van der Waals surface area contributed by atoms with Gasteiger partial charge in [0.15, 0.2) is 5.16 Å². The molecule has 0 atom stereocenters. The van der Waals surface area contributed by atoms with E-state index in [-0.39, 0.29) is 22.2 Å². The van der Waals surface area contributed by atoms with Crippen LogP contribution in [0.25, 0.3) is 5.69 Å². The van der Waals surface area contributed by atoms with Gasteiger partial charge in [-0.2, -0.15) is 0 Å². The number of aromatic nitrogens is 3. The molecule has 1 amide bonds. The molecule has 0 aliphatic rings. The molecule has 8 nitrogen and oxygen atoms in total. The van der Waals surface area contributed by atoms with Crippen LogP contribution in [0.2, 0.25) is 10.0 Å². The maximum Gasteiger partial charge on any atom is 0.294 e. The lowest BCUT2D eigenvalue weighted by Crippen LogP contribution is -2.15. The van der Waals surface area contributed by atoms with Crippen LogP contribution in [0.3, 0.4) is 0 Å². The SMILES string of the molecule is O=C(CSc1nncn1-c1cccc(Cl)c1)Nc1ccc(Cl)cc1[N+](=O)[O-]. The minimum atomic E-state index is -0.607. The molecule has 0 aliphatic heterocycles. The van der Waals surface area contributed by atoms with E-state index in [0.29, 0.717) is 10.2 Å². The third kappa shape index (κ3) is 4.76. The fourth-order valence-electron chi connectivity index (χ4n) is 2.20. The Balaban J connectivity index is 1.69. The smallest absolute Gasteiger partial charge is 0.294 e. The van der Waals surface area contributed by atoms with Gasteiger partial charge in [0.25, 0.3) is 5.69 Å². The maximum absolute atomic E-state index is 12.2. The number of carbonyl (C=O) groups is 1. The van der Waals surface area contributed by atoms with E-state index in [1.807, 2.05) is 6.07 Å². The molecule has 0 aliphatic carbocycles. The Hall–Kier alpha value is -2.62. The van der Waals surface area contributed by atoms with Crippen LogP contribution >= 0.6 is 35.0 Å². The van der Waals surface area contributed by atoms with Crippen LogP contribution in [0.15, 0.2) is 53.9 Å². The Kier molecular flexibility index (Phi) is 5.94. The van der Waals surface area contributed by atoms with Gasteiger partial charge in [-0.25, -0.2) is 0 Å². The van der Waals surface area contributed by atoms with E-state index in [2.05, 4.69) is 15.5 Å². The predicted molar refractivity (Wildman–Crippen MR) is 104 cm³/mol. The van der Waals surface area contributed by atoms with E-state index in [1.54, 1.807) is 22.8 Å². The molecule has 0 saturated heterocycles. The highest BCUT2D eigenvalue weighted by atomic mass is 35.5. The van der Waals surface area contributed by atoms with Crippen molar-refractivity contribution in [3.63, 3.8) is 0 Å². The normalized spacial score (nSPS) is 10.6. The van der Waals surface area contributed by atoms with Crippen molar-refractivity contribution in [1.29, 1.82) is 0 Å². The van der Waals surface area contributed by atoms with E-state index in [4.69, 9.17) is 23.2 Å². The van der Waals surface area contributed by atoms with E-state index in [1.165, 1.54) is 24.5 Å². The van der Waals surface area contributed by atoms with Crippen molar-refractivity contribution in [1.82, 2.24) is 14.8 Å². The number of rotatable bonds is 6. The van der Waals surface area contributed by atoms with Gasteiger partial charge in [-0.3, -0.25) is 19.5 Å². The number of hydrogen-bond acceptors (Lipinski definition) is 6. The summed E-state index contributed by atoms with van der Waals surface area (Å²) in [5, 5.41) is 22.7. The van der Waals surface area contributed by atoms with Crippen LogP contribution in [-0.4, -0.2) is 31.3 Å². The molecule has 0 fully saturated rings. The number of nitro benzene ring substituents is 1. The second-order valence-corrected chi connectivity index (χ2v) is 7.03. The average Bonchev–Trinajstić information content (AvgIpc) is 3.10. The van der Waals surface area contributed by atoms with Crippen LogP contribution in [0, 0.1) is 10.1 Å². The van der Waals surface area contributed by atoms with Crippen molar-refractivity contribution in [3.8, 4) is 5.69 Å². The zero-order chi connectivity index (χ0) is 19.4. The molecular formula is C16H11Cl2N5O3S. The minimum absolute atomic E-state index is 0.0148. The molecule has 138 valence electrons. The Morgan fingerprint density at radius 1 is 1.22 bits per heavy atom. The first-order valence-electron chi connectivity index (χ1n) is 7.46. The lowest BCUT2D eigenvalue weighted by Gasteiger charge is -2.08. The number of carbonyl (C=O) groups excluding carboxylic acids is 1. The molecule has 1 N–H and O–H groups in total. The van der Waals surface area contributed by atoms with Gasteiger partial charge >= 0.3 is 0 Å². The molecule has 0 unspecified atom stereocenters. The average molecular weight is 424 g/mol. The van der Waals surface area contributed by atoms with Crippen molar-refractivity contribution >= 4 is 52.2 Å². The van der Waals surface area contributed by atoms with Crippen LogP contribution in [0.4, 0.5) is 11.4 Å². The van der Waals surface area contributed by atoms with Crippen LogP contribution in [-0.2, 0) is 4.79 Å². The Bertz CT molecular complexity index is 1010. The quantitative estimate of drug-likeness (QED) is 0.361. The highest BCUT2D eigenvalue weighted by Gasteiger charge is 2.17. The first kappa shape index (κ1) is 19.2. The molecule has 0 saturated carbocycles. The zero-order valence-corrected chi connectivity index (χ0v) is 15.8. The number of amides is 1. The number of benzene rings is 2. The maximum atomic E-state index is 12.2. The fourth-order valence-corrected chi connectivity index (χ4v) is 3.28. The van der Waals surface area contributed by atoms with Crippen molar-refractivity contribution in [2.75, 3.05) is 11.1 Å². The third-order valence-electron chi connectivity index (χ3n) is 3.37. The predicted octanol–water partition coefficient (Wildman–Crippen LogP) is 4.21. The summed E-state index contributed by atoms with van der Waals surface area (Å²) in [6.07, 6.45) is 1.51. The van der Waals surface area contributed by atoms with Gasteiger partial charge in [-0.05, 0) is 30.3 Å². The van der Waals surface area contributed by atoms with E-state index in [0.717, 1.165) is 17.4 Å². The summed E-state index contributed by atoms with van der Waals surface area (Å²) in [5.41, 5.74) is 0.554. The third-order valence-corrected chi connectivity index (χ3v) is 4.78. The summed E-state index contributed by atoms with van der Waals surface area (Å²) >= 11 is 12.9. The number of nitrogens with zero attached hydrogens (tertiary/aromatic N) is 4. The van der Waals surface area contributed by atoms with Crippen LogP contribution in [0.1, 0.15) is 0 Å². The lowest BCUT2D eigenvalue weighted by molar-refractivity contribution is -0.383. The molecule has 0 bridgehead atoms. The Labute approximate surface area is 167 Å². The van der Waals surface area contributed by atoms with Gasteiger partial charge in [-0.1, -0.05) is 41.0 Å². The molecule has 0 spiro atoms. The van der Waals surface area contributed by atoms with Gasteiger partial charge in [0, 0.05) is 16.1 Å². The molecule has 1 aromatic heterocycles. The summed E-state index contributed by atoms with van der Waals surface area (Å²) in [4.78, 5) is 22.7. The fraction of sp³-hybridized carbons (Fsp3) is 0.0625. The number of hydrogen-bond donors (Lipinski definition) is 1. The van der Waals surface area contributed by atoms with E-state index < -0.39 is 10.8 Å². The topological polar surface area (TPSA) is 103 Å². The van der Waals surface area contributed by atoms with Crippen LogP contribution in [0.5, 0.6) is 0 Å². The van der Waals surface area contributed by atoms with Crippen molar-refractivity contribution in [3.05, 3.63) is 69.0 Å². The summed E-state index contributed by atoms with van der Waals surface area (Å²) in [6, 6.07) is 11.1. The highest BCUT2D eigenvalue weighted by Crippen LogP contribution is 2.28. The minimum Gasteiger partial charge on any atom is -0.320 e. The lowest BCUT2D eigenvalue weighted by atomic mass is 10.2. The summed E-state index contributed by atoms with van der Waals surface area (Å²) < 4.78 is 1.69. The van der Waals surface area contributed by atoms with E-state index in [9.17, 15) is 14.9 Å². The molecule has 3 rings (SSSR count). The molecule has 11 heteroatoms. The van der Waals surface area contributed by atoms with E-state index >= 15 is 0 Å². The highest BCUT2D eigenvalue weighted by molar-refractivity contribution is 7.99. The van der Waals surface area contributed by atoms with Crippen molar-refractivity contribution < 1.29 is 9.72 Å². The molecule has 1 heterocycles. The van der Waals surface area contributed by atoms with Gasteiger partial charge in [-0.15, -0.1) is 10.2 Å². The molecule has 0 radical (unpaired) electrons. The van der Waals surface area contributed by atoms with Crippen LogP contribution < -0.4 is 5.32 Å². The van der Waals surface area contributed by atoms with Gasteiger partial charge in [0.1, 0.15) is 12.0 Å². The number of halogens is 2. The number of nitro groups is 1. The summed E-state index contributed by atoms with van der Waals surface area (Å²) in [6.45, 7) is 0. The first-order valence-corrected chi connectivity index (χ1v) is 9.21. The van der Waals surface area contributed by atoms with Gasteiger partial charge in [0.2, 0.25) is 5.91 Å². The second kappa shape index (κ2) is 8.38. The summed E-state index contributed by atoms with van der Waals surface area (Å²) in [7, 11) is 0. The molecule has 27 heavy (non-hydrogen) atoms. The number of thioether (sulfide) groups is 1. The zero-order valence-electron chi connectivity index (χ0n) is 13.5. The largest absolute Gasteiger partial charge is 0.320 e. The Morgan fingerprint density at radius 3 is 2.74 bits per heavy atom. The second-order valence-electron chi connectivity index (χ2n) is 5.22. The monoisotopic (exact) mass is 423 g/mol. The molecule has 3 aromatic rings.